The second-order valence-corrected chi connectivity index (χ2v) is 6.97. The molecule has 1 amide bonds. The summed E-state index contributed by atoms with van der Waals surface area (Å²) in [5.74, 6) is 0.606. The number of hydrogen-bond donors (Lipinski definition) is 0. The molecule has 0 unspecified atom stereocenters. The summed E-state index contributed by atoms with van der Waals surface area (Å²) in [6, 6.07) is 9.26. The zero-order chi connectivity index (χ0) is 20.5. The fourth-order valence-electron chi connectivity index (χ4n) is 3.21. The van der Waals surface area contributed by atoms with Crippen molar-refractivity contribution in [3.63, 3.8) is 0 Å². The quantitative estimate of drug-likeness (QED) is 0.536. The van der Waals surface area contributed by atoms with Crippen molar-refractivity contribution >= 4 is 16.8 Å². The van der Waals surface area contributed by atoms with Crippen LogP contribution >= 0.6 is 0 Å². The van der Waals surface area contributed by atoms with Crippen molar-refractivity contribution in [1.82, 2.24) is 24.6 Å². The molecule has 3 heterocycles. The van der Waals surface area contributed by atoms with Gasteiger partial charge in [0.1, 0.15) is 5.75 Å². The van der Waals surface area contributed by atoms with Gasteiger partial charge in [0.05, 0.1) is 35.8 Å². The summed E-state index contributed by atoms with van der Waals surface area (Å²) in [5.41, 5.74) is 4.73. The fraction of sp³-hybridized carbons (Fsp3) is 0.182. The summed E-state index contributed by atoms with van der Waals surface area (Å²) in [7, 11) is 5.09. The molecule has 4 rings (SSSR count). The highest BCUT2D eigenvalue weighted by molar-refractivity contribution is 6.07. The normalized spacial score (nSPS) is 10.9. The SMILES string of the molecule is COc1ccc2c(C(=O)N(C)C)cc(-c3cnn(-c4ccncc4C)c3)nc2c1. The van der Waals surface area contributed by atoms with Gasteiger partial charge in [-0.1, -0.05) is 0 Å². The number of carbonyl (C=O) groups is 1. The molecule has 0 spiro atoms. The Kier molecular flexibility index (Phi) is 4.72. The topological polar surface area (TPSA) is 73.1 Å². The van der Waals surface area contributed by atoms with E-state index >= 15 is 0 Å². The Labute approximate surface area is 168 Å². The lowest BCUT2D eigenvalue weighted by Crippen LogP contribution is -2.22. The second-order valence-electron chi connectivity index (χ2n) is 6.97. The zero-order valence-corrected chi connectivity index (χ0v) is 16.7. The molecule has 0 saturated carbocycles. The number of carbonyl (C=O) groups excluding carboxylic acids is 1. The summed E-state index contributed by atoms with van der Waals surface area (Å²) >= 11 is 0. The van der Waals surface area contributed by atoms with Crippen LogP contribution in [0.1, 0.15) is 15.9 Å². The Balaban J connectivity index is 1.88. The zero-order valence-electron chi connectivity index (χ0n) is 16.7. The molecule has 0 fully saturated rings. The highest BCUT2D eigenvalue weighted by Crippen LogP contribution is 2.28. The molecule has 1 aromatic carbocycles. The Morgan fingerprint density at radius 2 is 1.97 bits per heavy atom. The number of amides is 1. The van der Waals surface area contributed by atoms with Crippen molar-refractivity contribution in [3.8, 4) is 22.7 Å². The number of rotatable bonds is 4. The van der Waals surface area contributed by atoms with E-state index in [1.54, 1.807) is 49.4 Å². The van der Waals surface area contributed by atoms with E-state index in [2.05, 4.69) is 10.1 Å². The van der Waals surface area contributed by atoms with Gasteiger partial charge in [-0.25, -0.2) is 9.67 Å². The maximum absolute atomic E-state index is 12.8. The number of nitrogens with zero attached hydrogens (tertiary/aromatic N) is 5. The number of fused-ring (bicyclic) bond motifs is 1. The molecule has 29 heavy (non-hydrogen) atoms. The number of aryl methyl sites for hydroxylation is 1. The molecule has 4 aromatic rings. The lowest BCUT2D eigenvalue weighted by Gasteiger charge is -2.14. The molecule has 0 aliphatic carbocycles. The van der Waals surface area contributed by atoms with E-state index in [0.717, 1.165) is 22.2 Å². The standard InChI is InChI=1S/C22H21N5O2/c1-14-11-23-8-7-21(14)27-13-15(12-24-27)19-10-18(22(28)26(2)3)17-6-5-16(29-4)9-20(17)25-19/h5-13H,1-4H3. The van der Waals surface area contributed by atoms with Gasteiger partial charge in [-0.3, -0.25) is 9.78 Å². The smallest absolute Gasteiger partial charge is 0.254 e. The first kappa shape index (κ1) is 18.6. The van der Waals surface area contributed by atoms with Crippen LogP contribution in [-0.2, 0) is 0 Å². The van der Waals surface area contributed by atoms with Gasteiger partial charge in [-0.15, -0.1) is 0 Å². The lowest BCUT2D eigenvalue weighted by atomic mass is 10.0. The van der Waals surface area contributed by atoms with Crippen molar-refractivity contribution in [2.45, 2.75) is 6.92 Å². The first-order valence-corrected chi connectivity index (χ1v) is 9.14. The highest BCUT2D eigenvalue weighted by Gasteiger charge is 2.17. The summed E-state index contributed by atoms with van der Waals surface area (Å²) < 4.78 is 7.12. The molecule has 0 bridgehead atoms. The highest BCUT2D eigenvalue weighted by atomic mass is 16.5. The molecule has 7 heteroatoms. The second kappa shape index (κ2) is 7.35. The van der Waals surface area contributed by atoms with E-state index in [1.807, 2.05) is 43.5 Å². The van der Waals surface area contributed by atoms with Crippen LogP contribution in [0.25, 0.3) is 27.8 Å². The van der Waals surface area contributed by atoms with E-state index < -0.39 is 0 Å². The van der Waals surface area contributed by atoms with E-state index in [1.165, 1.54) is 0 Å². The third kappa shape index (κ3) is 3.42. The van der Waals surface area contributed by atoms with Gasteiger partial charge < -0.3 is 9.64 Å². The maximum Gasteiger partial charge on any atom is 0.254 e. The minimum Gasteiger partial charge on any atom is -0.497 e. The van der Waals surface area contributed by atoms with Gasteiger partial charge in [0.25, 0.3) is 5.91 Å². The molecule has 3 aromatic heterocycles. The van der Waals surface area contributed by atoms with Crippen molar-refractivity contribution in [1.29, 1.82) is 0 Å². The first-order chi connectivity index (χ1) is 14.0. The maximum atomic E-state index is 12.8. The van der Waals surface area contributed by atoms with E-state index in [9.17, 15) is 4.79 Å². The van der Waals surface area contributed by atoms with Gasteiger partial charge in [0.15, 0.2) is 0 Å². The Hall–Kier alpha value is -3.74. The molecule has 0 radical (unpaired) electrons. The van der Waals surface area contributed by atoms with Crippen LogP contribution in [0.3, 0.4) is 0 Å². The molecule has 0 atom stereocenters. The molecular weight excluding hydrogens is 366 g/mol. The van der Waals surface area contributed by atoms with Crippen molar-refractivity contribution < 1.29 is 9.53 Å². The van der Waals surface area contributed by atoms with Gasteiger partial charge in [-0.2, -0.15) is 5.10 Å². The van der Waals surface area contributed by atoms with Crippen LogP contribution in [-0.4, -0.2) is 51.8 Å². The molecule has 0 saturated heterocycles. The number of hydrogen-bond acceptors (Lipinski definition) is 5. The van der Waals surface area contributed by atoms with E-state index in [4.69, 9.17) is 9.72 Å². The van der Waals surface area contributed by atoms with Gasteiger partial charge in [0.2, 0.25) is 0 Å². The Bertz CT molecular complexity index is 1210. The average Bonchev–Trinajstić information content (AvgIpc) is 3.22. The average molecular weight is 387 g/mol. The summed E-state index contributed by atoms with van der Waals surface area (Å²) in [6.45, 7) is 1.98. The van der Waals surface area contributed by atoms with Crippen LogP contribution in [0.2, 0.25) is 0 Å². The molecule has 0 aliphatic rings. The number of pyridine rings is 2. The van der Waals surface area contributed by atoms with Crippen molar-refractivity contribution in [3.05, 3.63) is 66.2 Å². The molecule has 7 nitrogen and oxygen atoms in total. The molecule has 0 N–H and O–H groups in total. The number of aromatic nitrogens is 4. The van der Waals surface area contributed by atoms with Crippen LogP contribution in [0.15, 0.2) is 55.1 Å². The third-order valence-electron chi connectivity index (χ3n) is 4.77. The Morgan fingerprint density at radius 1 is 1.14 bits per heavy atom. The lowest BCUT2D eigenvalue weighted by molar-refractivity contribution is 0.0829. The van der Waals surface area contributed by atoms with Crippen LogP contribution in [0, 0.1) is 6.92 Å². The van der Waals surface area contributed by atoms with Crippen LogP contribution in [0.4, 0.5) is 0 Å². The van der Waals surface area contributed by atoms with Crippen LogP contribution in [0.5, 0.6) is 5.75 Å². The summed E-state index contributed by atoms with van der Waals surface area (Å²) in [6.07, 6.45) is 7.18. The summed E-state index contributed by atoms with van der Waals surface area (Å²) in [5, 5.41) is 5.26. The van der Waals surface area contributed by atoms with Crippen molar-refractivity contribution in [2.75, 3.05) is 21.2 Å². The number of methoxy groups -OCH3 is 1. The first-order valence-electron chi connectivity index (χ1n) is 9.14. The summed E-state index contributed by atoms with van der Waals surface area (Å²) in [4.78, 5) is 23.3. The van der Waals surface area contributed by atoms with Gasteiger partial charge in [0, 0.05) is 49.7 Å². The minimum absolute atomic E-state index is 0.0822. The Morgan fingerprint density at radius 3 is 2.69 bits per heavy atom. The fourth-order valence-corrected chi connectivity index (χ4v) is 3.21. The number of benzene rings is 1. The molecule has 0 aliphatic heterocycles. The monoisotopic (exact) mass is 387 g/mol. The van der Waals surface area contributed by atoms with E-state index in [-0.39, 0.29) is 5.91 Å². The molecular formula is C22H21N5O2. The van der Waals surface area contributed by atoms with Crippen LogP contribution < -0.4 is 4.74 Å². The number of ether oxygens (including phenoxy) is 1. The molecule has 146 valence electrons. The minimum atomic E-state index is -0.0822. The predicted molar refractivity (Wildman–Crippen MR) is 111 cm³/mol. The van der Waals surface area contributed by atoms with Gasteiger partial charge in [-0.05, 0) is 36.8 Å². The third-order valence-corrected chi connectivity index (χ3v) is 4.77. The van der Waals surface area contributed by atoms with Gasteiger partial charge >= 0.3 is 0 Å². The predicted octanol–water partition coefficient (Wildman–Crippen LogP) is 3.50. The van der Waals surface area contributed by atoms with E-state index in [0.29, 0.717) is 22.5 Å². The largest absolute Gasteiger partial charge is 0.497 e. The van der Waals surface area contributed by atoms with Crippen molar-refractivity contribution in [2.24, 2.45) is 0 Å².